The third-order valence-corrected chi connectivity index (χ3v) is 4.18. The van der Waals surface area contributed by atoms with Crippen molar-refractivity contribution in [3.63, 3.8) is 0 Å². The summed E-state index contributed by atoms with van der Waals surface area (Å²) in [7, 11) is 0. The van der Waals surface area contributed by atoms with Gasteiger partial charge in [0.15, 0.2) is 0 Å². The van der Waals surface area contributed by atoms with Crippen molar-refractivity contribution in [2.24, 2.45) is 0 Å². The fraction of sp³-hybridized carbons (Fsp3) is 0.500. The van der Waals surface area contributed by atoms with Gasteiger partial charge in [0.1, 0.15) is 0 Å². The molecule has 1 amide bonds. The minimum atomic E-state index is -0.326. The van der Waals surface area contributed by atoms with E-state index < -0.39 is 0 Å². The molecule has 1 saturated carbocycles. The molecule has 1 fully saturated rings. The molecule has 0 radical (unpaired) electrons. The highest BCUT2D eigenvalue weighted by Gasteiger charge is 2.49. The van der Waals surface area contributed by atoms with Crippen LogP contribution in [-0.4, -0.2) is 18.7 Å². The Labute approximate surface area is 116 Å². The SMILES string of the molecule is CCOC(=O)NC(C)C1(c2ccc(Br)cc2)CC1. The Kier molecular flexibility index (Phi) is 3.95. The first-order chi connectivity index (χ1) is 8.58. The maximum atomic E-state index is 11.5. The van der Waals surface area contributed by atoms with Gasteiger partial charge in [-0.2, -0.15) is 0 Å². The number of carbonyl (C=O) groups excluding carboxylic acids is 1. The summed E-state index contributed by atoms with van der Waals surface area (Å²) in [5.74, 6) is 0. The Bertz CT molecular complexity index is 426. The van der Waals surface area contributed by atoms with Crippen LogP contribution in [0.15, 0.2) is 28.7 Å². The van der Waals surface area contributed by atoms with Crippen LogP contribution < -0.4 is 5.32 Å². The molecule has 0 aliphatic heterocycles. The minimum Gasteiger partial charge on any atom is -0.450 e. The van der Waals surface area contributed by atoms with Gasteiger partial charge in [-0.3, -0.25) is 0 Å². The van der Waals surface area contributed by atoms with E-state index >= 15 is 0 Å². The van der Waals surface area contributed by atoms with E-state index in [-0.39, 0.29) is 17.6 Å². The van der Waals surface area contributed by atoms with Crippen molar-refractivity contribution >= 4 is 22.0 Å². The lowest BCUT2D eigenvalue weighted by Gasteiger charge is -2.24. The van der Waals surface area contributed by atoms with Crippen molar-refractivity contribution in [3.8, 4) is 0 Å². The molecular weight excluding hydrogens is 294 g/mol. The number of ether oxygens (including phenoxy) is 1. The molecule has 1 N–H and O–H groups in total. The van der Waals surface area contributed by atoms with Crippen molar-refractivity contribution < 1.29 is 9.53 Å². The van der Waals surface area contributed by atoms with Crippen molar-refractivity contribution in [1.82, 2.24) is 5.32 Å². The van der Waals surface area contributed by atoms with Crippen LogP contribution in [0, 0.1) is 0 Å². The van der Waals surface area contributed by atoms with Crippen LogP contribution in [0.2, 0.25) is 0 Å². The number of alkyl carbamates (subject to hydrolysis) is 1. The summed E-state index contributed by atoms with van der Waals surface area (Å²) in [6.45, 7) is 4.27. The van der Waals surface area contributed by atoms with Crippen LogP contribution in [0.25, 0.3) is 0 Å². The highest BCUT2D eigenvalue weighted by atomic mass is 79.9. The first-order valence-electron chi connectivity index (χ1n) is 6.28. The molecule has 0 saturated heterocycles. The Balaban J connectivity index is 2.07. The lowest BCUT2D eigenvalue weighted by atomic mass is 9.89. The van der Waals surface area contributed by atoms with Gasteiger partial charge in [0.05, 0.1) is 6.61 Å². The fourth-order valence-corrected chi connectivity index (χ4v) is 2.64. The molecule has 0 spiro atoms. The number of halogens is 1. The summed E-state index contributed by atoms with van der Waals surface area (Å²) >= 11 is 3.44. The predicted molar refractivity (Wildman–Crippen MR) is 74.7 cm³/mol. The van der Waals surface area contributed by atoms with Gasteiger partial charge in [-0.05, 0) is 44.4 Å². The number of carbonyl (C=O) groups is 1. The van der Waals surface area contributed by atoms with E-state index in [1.807, 2.05) is 26.0 Å². The van der Waals surface area contributed by atoms with Gasteiger partial charge in [0.2, 0.25) is 0 Å². The molecule has 0 heterocycles. The quantitative estimate of drug-likeness (QED) is 0.922. The molecule has 1 unspecified atom stereocenters. The first kappa shape index (κ1) is 13.4. The second-order valence-electron chi connectivity index (χ2n) is 4.75. The van der Waals surface area contributed by atoms with E-state index in [1.165, 1.54) is 5.56 Å². The van der Waals surface area contributed by atoms with E-state index in [2.05, 4.69) is 33.4 Å². The minimum absolute atomic E-state index is 0.0907. The molecule has 1 aliphatic rings. The van der Waals surface area contributed by atoms with Crippen molar-refractivity contribution in [2.75, 3.05) is 6.61 Å². The normalized spacial score (nSPS) is 17.9. The van der Waals surface area contributed by atoms with Gasteiger partial charge in [0.25, 0.3) is 0 Å². The van der Waals surface area contributed by atoms with Crippen LogP contribution in [0.1, 0.15) is 32.3 Å². The number of benzene rings is 1. The van der Waals surface area contributed by atoms with Crippen molar-refractivity contribution in [1.29, 1.82) is 0 Å². The Morgan fingerprint density at radius 3 is 2.56 bits per heavy atom. The van der Waals surface area contributed by atoms with E-state index in [9.17, 15) is 4.79 Å². The Hall–Kier alpha value is -1.03. The average Bonchev–Trinajstić information content (AvgIpc) is 3.11. The smallest absolute Gasteiger partial charge is 0.407 e. The molecule has 0 aromatic heterocycles. The van der Waals surface area contributed by atoms with Crippen LogP contribution in [0.4, 0.5) is 4.79 Å². The molecular formula is C14H18BrNO2. The molecule has 1 aromatic rings. The summed E-state index contributed by atoms with van der Waals surface area (Å²) in [6.07, 6.45) is 1.90. The van der Waals surface area contributed by atoms with E-state index in [4.69, 9.17) is 4.74 Å². The maximum absolute atomic E-state index is 11.5. The highest BCUT2D eigenvalue weighted by Crippen LogP contribution is 2.51. The average molecular weight is 312 g/mol. The van der Waals surface area contributed by atoms with Crippen LogP contribution in [0.3, 0.4) is 0 Å². The summed E-state index contributed by atoms with van der Waals surface area (Å²) in [4.78, 5) is 11.5. The third-order valence-electron chi connectivity index (χ3n) is 3.65. The maximum Gasteiger partial charge on any atom is 0.407 e. The molecule has 3 nitrogen and oxygen atoms in total. The molecule has 0 bridgehead atoms. The first-order valence-corrected chi connectivity index (χ1v) is 7.07. The van der Waals surface area contributed by atoms with Gasteiger partial charge in [-0.25, -0.2) is 4.79 Å². The summed E-state index contributed by atoms with van der Waals surface area (Å²) in [6, 6.07) is 8.44. The van der Waals surface area contributed by atoms with Gasteiger partial charge >= 0.3 is 6.09 Å². The largest absolute Gasteiger partial charge is 0.450 e. The third kappa shape index (κ3) is 2.69. The molecule has 1 aliphatic carbocycles. The molecule has 1 atom stereocenters. The number of nitrogens with one attached hydrogen (secondary N) is 1. The number of hydrogen-bond donors (Lipinski definition) is 1. The number of amides is 1. The topological polar surface area (TPSA) is 38.3 Å². The fourth-order valence-electron chi connectivity index (χ4n) is 2.38. The standard InChI is InChI=1S/C14H18BrNO2/c1-3-18-13(17)16-10(2)14(8-9-14)11-4-6-12(15)7-5-11/h4-7,10H,3,8-9H2,1-2H3,(H,16,17). The zero-order valence-electron chi connectivity index (χ0n) is 10.7. The molecule has 4 heteroatoms. The second-order valence-corrected chi connectivity index (χ2v) is 5.67. The van der Waals surface area contributed by atoms with Gasteiger partial charge < -0.3 is 10.1 Å². The molecule has 1 aromatic carbocycles. The molecule has 98 valence electrons. The van der Waals surface area contributed by atoms with E-state index in [0.29, 0.717) is 6.61 Å². The van der Waals surface area contributed by atoms with Crippen molar-refractivity contribution in [2.45, 2.75) is 38.1 Å². The molecule has 18 heavy (non-hydrogen) atoms. The van der Waals surface area contributed by atoms with Gasteiger partial charge in [-0.1, -0.05) is 28.1 Å². The Morgan fingerprint density at radius 1 is 1.44 bits per heavy atom. The Morgan fingerprint density at radius 2 is 2.06 bits per heavy atom. The van der Waals surface area contributed by atoms with Crippen LogP contribution >= 0.6 is 15.9 Å². The second kappa shape index (κ2) is 5.31. The van der Waals surface area contributed by atoms with E-state index in [0.717, 1.165) is 17.3 Å². The van der Waals surface area contributed by atoms with Gasteiger partial charge in [0, 0.05) is 15.9 Å². The zero-order valence-corrected chi connectivity index (χ0v) is 12.3. The van der Waals surface area contributed by atoms with Gasteiger partial charge in [-0.15, -0.1) is 0 Å². The number of rotatable bonds is 4. The lowest BCUT2D eigenvalue weighted by Crippen LogP contribution is -2.41. The molecule has 2 rings (SSSR count). The number of hydrogen-bond acceptors (Lipinski definition) is 2. The lowest BCUT2D eigenvalue weighted by molar-refractivity contribution is 0.146. The van der Waals surface area contributed by atoms with Crippen LogP contribution in [0.5, 0.6) is 0 Å². The monoisotopic (exact) mass is 311 g/mol. The predicted octanol–water partition coefficient (Wildman–Crippen LogP) is 3.62. The van der Waals surface area contributed by atoms with Crippen molar-refractivity contribution in [3.05, 3.63) is 34.3 Å². The summed E-state index contributed by atoms with van der Waals surface area (Å²) in [5, 5.41) is 2.92. The zero-order chi connectivity index (χ0) is 13.2. The summed E-state index contributed by atoms with van der Waals surface area (Å²) < 4.78 is 6.01. The summed E-state index contributed by atoms with van der Waals surface area (Å²) in [5.41, 5.74) is 1.38. The highest BCUT2D eigenvalue weighted by molar-refractivity contribution is 9.10. The van der Waals surface area contributed by atoms with E-state index in [1.54, 1.807) is 0 Å². The van der Waals surface area contributed by atoms with Crippen LogP contribution in [-0.2, 0) is 10.2 Å².